The Morgan fingerprint density at radius 1 is 1.04 bits per heavy atom. The van der Waals surface area contributed by atoms with E-state index >= 15 is 0 Å². The fraction of sp³-hybridized carbons (Fsp3) is 0.429. The molecule has 0 spiro atoms. The standard InChI is InChI=1S/C21H25N3O/c25-21(24-14-13-16-7-5-6-10-20(16)24)19-12-11-18(15-22-19)23-17-8-3-1-2-4-9-17/h5-7,10-12,15,17,23H,1-4,8-9,13-14H2. The third-order valence-corrected chi connectivity index (χ3v) is 5.34. The lowest BCUT2D eigenvalue weighted by atomic mass is 10.1. The summed E-state index contributed by atoms with van der Waals surface area (Å²) in [6.07, 6.45) is 10.5. The smallest absolute Gasteiger partial charge is 0.276 e. The molecule has 4 heteroatoms. The first kappa shape index (κ1) is 16.1. The van der Waals surface area contributed by atoms with Crippen molar-refractivity contribution in [3.63, 3.8) is 0 Å². The number of hydrogen-bond donors (Lipinski definition) is 1. The van der Waals surface area contributed by atoms with E-state index in [9.17, 15) is 4.79 Å². The Balaban J connectivity index is 1.44. The first-order valence-corrected chi connectivity index (χ1v) is 9.43. The maximum Gasteiger partial charge on any atom is 0.276 e. The lowest BCUT2D eigenvalue weighted by Gasteiger charge is -2.19. The van der Waals surface area contributed by atoms with Crippen molar-refractivity contribution >= 4 is 17.3 Å². The van der Waals surface area contributed by atoms with Gasteiger partial charge in [0, 0.05) is 18.3 Å². The number of benzene rings is 1. The molecule has 0 unspecified atom stereocenters. The summed E-state index contributed by atoms with van der Waals surface area (Å²) < 4.78 is 0. The molecular weight excluding hydrogens is 310 g/mol. The van der Waals surface area contributed by atoms with Crippen LogP contribution in [0.1, 0.15) is 54.6 Å². The summed E-state index contributed by atoms with van der Waals surface area (Å²) in [6, 6.07) is 12.5. The molecule has 2 heterocycles. The minimum absolute atomic E-state index is 0.00836. The van der Waals surface area contributed by atoms with Crippen molar-refractivity contribution in [2.24, 2.45) is 0 Å². The predicted octanol–water partition coefficient (Wildman–Crippen LogP) is 4.42. The second-order valence-corrected chi connectivity index (χ2v) is 7.10. The van der Waals surface area contributed by atoms with E-state index in [1.165, 1.54) is 44.1 Å². The zero-order chi connectivity index (χ0) is 17.1. The van der Waals surface area contributed by atoms with Gasteiger partial charge in [-0.2, -0.15) is 0 Å². The van der Waals surface area contributed by atoms with Crippen LogP contribution < -0.4 is 10.2 Å². The van der Waals surface area contributed by atoms with Crippen LogP contribution in [0.4, 0.5) is 11.4 Å². The Hall–Kier alpha value is -2.36. The number of nitrogens with one attached hydrogen (secondary N) is 1. The number of nitrogens with zero attached hydrogens (tertiary/aromatic N) is 2. The van der Waals surface area contributed by atoms with Crippen molar-refractivity contribution in [2.45, 2.75) is 51.0 Å². The molecule has 1 fully saturated rings. The molecule has 2 aliphatic rings. The van der Waals surface area contributed by atoms with E-state index in [1.54, 1.807) is 6.20 Å². The van der Waals surface area contributed by atoms with Crippen molar-refractivity contribution in [3.05, 3.63) is 53.9 Å². The van der Waals surface area contributed by atoms with E-state index < -0.39 is 0 Å². The monoisotopic (exact) mass is 335 g/mol. The number of para-hydroxylation sites is 1. The second kappa shape index (κ2) is 7.26. The summed E-state index contributed by atoms with van der Waals surface area (Å²) in [7, 11) is 0. The molecule has 1 amide bonds. The molecule has 2 aromatic rings. The number of hydrogen-bond acceptors (Lipinski definition) is 3. The molecule has 1 saturated carbocycles. The van der Waals surface area contributed by atoms with Gasteiger partial charge in [-0.3, -0.25) is 4.79 Å². The Morgan fingerprint density at radius 2 is 1.84 bits per heavy atom. The van der Waals surface area contributed by atoms with Gasteiger partial charge >= 0.3 is 0 Å². The van der Waals surface area contributed by atoms with Gasteiger partial charge in [-0.1, -0.05) is 43.9 Å². The lowest BCUT2D eigenvalue weighted by Crippen LogP contribution is -2.29. The number of aromatic nitrogens is 1. The van der Waals surface area contributed by atoms with Crippen LogP contribution in [-0.2, 0) is 6.42 Å². The van der Waals surface area contributed by atoms with Gasteiger partial charge in [-0.05, 0) is 43.0 Å². The number of pyridine rings is 1. The number of carbonyl (C=O) groups is 1. The summed E-state index contributed by atoms with van der Waals surface area (Å²) in [4.78, 5) is 19.1. The van der Waals surface area contributed by atoms with Crippen molar-refractivity contribution in [3.8, 4) is 0 Å². The van der Waals surface area contributed by atoms with Gasteiger partial charge in [-0.25, -0.2) is 4.98 Å². The summed E-state index contributed by atoms with van der Waals surface area (Å²) in [6.45, 7) is 0.738. The Labute approximate surface area is 149 Å². The molecule has 4 nitrogen and oxygen atoms in total. The average molecular weight is 335 g/mol. The predicted molar refractivity (Wildman–Crippen MR) is 101 cm³/mol. The molecule has 0 saturated heterocycles. The van der Waals surface area contributed by atoms with Crippen LogP contribution in [0.25, 0.3) is 0 Å². The molecule has 0 atom stereocenters. The van der Waals surface area contributed by atoms with Crippen LogP contribution in [0.2, 0.25) is 0 Å². The van der Waals surface area contributed by atoms with Crippen LogP contribution >= 0.6 is 0 Å². The largest absolute Gasteiger partial charge is 0.381 e. The SMILES string of the molecule is O=C(c1ccc(NC2CCCCCC2)cn1)N1CCc2ccccc21. The minimum atomic E-state index is -0.00836. The Kier molecular flexibility index (Phi) is 4.68. The molecule has 0 radical (unpaired) electrons. The zero-order valence-corrected chi connectivity index (χ0v) is 14.6. The molecular formula is C21H25N3O. The highest BCUT2D eigenvalue weighted by Gasteiger charge is 2.25. The number of anilines is 2. The van der Waals surface area contributed by atoms with E-state index in [-0.39, 0.29) is 5.91 Å². The zero-order valence-electron chi connectivity index (χ0n) is 14.6. The van der Waals surface area contributed by atoms with Gasteiger partial charge in [0.15, 0.2) is 0 Å². The van der Waals surface area contributed by atoms with E-state index in [0.717, 1.165) is 24.3 Å². The number of carbonyl (C=O) groups excluding carboxylic acids is 1. The number of fused-ring (bicyclic) bond motifs is 1. The molecule has 25 heavy (non-hydrogen) atoms. The third-order valence-electron chi connectivity index (χ3n) is 5.34. The van der Waals surface area contributed by atoms with Gasteiger partial charge < -0.3 is 10.2 Å². The van der Waals surface area contributed by atoms with Gasteiger partial charge in [-0.15, -0.1) is 0 Å². The van der Waals surface area contributed by atoms with Crippen molar-refractivity contribution in [1.82, 2.24) is 4.98 Å². The fourth-order valence-electron chi connectivity index (χ4n) is 3.95. The van der Waals surface area contributed by atoms with Crippen LogP contribution in [0, 0.1) is 0 Å². The summed E-state index contributed by atoms with van der Waals surface area (Å²) >= 11 is 0. The quantitative estimate of drug-likeness (QED) is 0.845. The Bertz CT molecular complexity index is 733. The van der Waals surface area contributed by atoms with Gasteiger partial charge in [0.05, 0.1) is 11.9 Å². The van der Waals surface area contributed by atoms with Crippen LogP contribution in [0.3, 0.4) is 0 Å². The number of amides is 1. The third kappa shape index (κ3) is 3.53. The highest BCUT2D eigenvalue weighted by molar-refractivity contribution is 6.06. The maximum absolute atomic E-state index is 12.8. The van der Waals surface area contributed by atoms with E-state index in [0.29, 0.717) is 11.7 Å². The maximum atomic E-state index is 12.8. The topological polar surface area (TPSA) is 45.2 Å². The first-order valence-electron chi connectivity index (χ1n) is 9.43. The van der Waals surface area contributed by atoms with E-state index in [4.69, 9.17) is 0 Å². The van der Waals surface area contributed by atoms with Crippen LogP contribution in [0.15, 0.2) is 42.6 Å². The molecule has 4 rings (SSSR count). The fourth-order valence-corrected chi connectivity index (χ4v) is 3.95. The highest BCUT2D eigenvalue weighted by atomic mass is 16.2. The molecule has 1 N–H and O–H groups in total. The molecule has 1 aliphatic carbocycles. The van der Waals surface area contributed by atoms with Crippen molar-refractivity contribution in [2.75, 3.05) is 16.8 Å². The molecule has 1 aliphatic heterocycles. The van der Waals surface area contributed by atoms with Crippen molar-refractivity contribution < 1.29 is 4.79 Å². The van der Waals surface area contributed by atoms with Gasteiger partial charge in [0.25, 0.3) is 5.91 Å². The van der Waals surface area contributed by atoms with Gasteiger partial charge in [0.1, 0.15) is 5.69 Å². The van der Waals surface area contributed by atoms with Crippen LogP contribution in [-0.4, -0.2) is 23.5 Å². The minimum Gasteiger partial charge on any atom is -0.381 e. The van der Waals surface area contributed by atoms with E-state index in [1.807, 2.05) is 35.2 Å². The summed E-state index contributed by atoms with van der Waals surface area (Å²) in [5.74, 6) is -0.00836. The second-order valence-electron chi connectivity index (χ2n) is 7.10. The van der Waals surface area contributed by atoms with Gasteiger partial charge in [0.2, 0.25) is 0 Å². The summed E-state index contributed by atoms with van der Waals surface area (Å²) in [5, 5.41) is 3.58. The Morgan fingerprint density at radius 3 is 2.60 bits per heavy atom. The van der Waals surface area contributed by atoms with Crippen LogP contribution in [0.5, 0.6) is 0 Å². The lowest BCUT2D eigenvalue weighted by molar-refractivity contribution is 0.0984. The first-order chi connectivity index (χ1) is 12.3. The van der Waals surface area contributed by atoms with E-state index in [2.05, 4.69) is 16.4 Å². The average Bonchev–Trinajstić information content (AvgIpc) is 2.92. The number of rotatable bonds is 3. The molecule has 1 aromatic carbocycles. The molecule has 1 aromatic heterocycles. The normalized spacial score (nSPS) is 17.8. The molecule has 0 bridgehead atoms. The highest BCUT2D eigenvalue weighted by Crippen LogP contribution is 2.28. The summed E-state index contributed by atoms with van der Waals surface area (Å²) in [5.41, 5.74) is 3.80. The van der Waals surface area contributed by atoms with Crippen molar-refractivity contribution in [1.29, 1.82) is 0 Å². The molecule has 130 valence electrons.